The van der Waals surface area contributed by atoms with Crippen molar-refractivity contribution in [1.29, 1.82) is 0 Å². The summed E-state index contributed by atoms with van der Waals surface area (Å²) in [5.41, 5.74) is 1.87. The van der Waals surface area contributed by atoms with Gasteiger partial charge >= 0.3 is 6.09 Å². The average molecular weight is 412 g/mol. The molecule has 0 aliphatic carbocycles. The second-order valence-electron chi connectivity index (χ2n) is 6.38. The van der Waals surface area contributed by atoms with Gasteiger partial charge in [-0.2, -0.15) is 0 Å². The summed E-state index contributed by atoms with van der Waals surface area (Å²) in [5, 5.41) is 0.701. The Morgan fingerprint density at radius 3 is 2.39 bits per heavy atom. The molecule has 0 aromatic heterocycles. The maximum atomic E-state index is 12.9. The first-order chi connectivity index (χ1) is 13.5. The van der Waals surface area contributed by atoms with Gasteiger partial charge in [-0.15, -0.1) is 0 Å². The Bertz CT molecular complexity index is 1050. The van der Waals surface area contributed by atoms with Crippen molar-refractivity contribution < 1.29 is 14.3 Å². The van der Waals surface area contributed by atoms with Crippen LogP contribution < -0.4 is 9.64 Å². The molecule has 0 bridgehead atoms. The second kappa shape index (κ2) is 7.66. The highest BCUT2D eigenvalue weighted by Gasteiger charge is 2.37. The van der Waals surface area contributed by atoms with Crippen LogP contribution in [0, 0.1) is 0 Å². The molecule has 0 spiro atoms. The van der Waals surface area contributed by atoms with E-state index in [0.29, 0.717) is 27.0 Å². The number of anilines is 1. The van der Waals surface area contributed by atoms with E-state index in [4.69, 9.17) is 27.9 Å². The fraction of sp³-hybridized carbons (Fsp3) is 0.0909. The van der Waals surface area contributed by atoms with Crippen LogP contribution in [0.1, 0.15) is 28.4 Å². The zero-order chi connectivity index (χ0) is 19.7. The molecule has 4 nitrogen and oxygen atoms in total. The minimum atomic E-state index is -0.567. The first-order valence-electron chi connectivity index (χ1n) is 8.68. The number of carbonyl (C=O) groups excluding carboxylic acids is 2. The van der Waals surface area contributed by atoms with Gasteiger partial charge in [0.25, 0.3) is 0 Å². The normalized spacial score (nSPS) is 15.7. The quantitative estimate of drug-likeness (QED) is 0.471. The van der Waals surface area contributed by atoms with Crippen molar-refractivity contribution in [2.24, 2.45) is 0 Å². The van der Waals surface area contributed by atoms with Crippen molar-refractivity contribution in [3.8, 4) is 5.75 Å². The summed E-state index contributed by atoms with van der Waals surface area (Å²) < 4.78 is 5.49. The standard InChI is InChI=1S/C22H15Cl2NO3/c23-17-11-10-15(12-18(17)24)25-19(13-20(26)14-6-2-1-3-7-14)16-8-4-5-9-21(16)28-22(25)27/h1-12,19H,13H2. The Hall–Kier alpha value is -2.82. The van der Waals surface area contributed by atoms with Crippen molar-refractivity contribution in [3.63, 3.8) is 0 Å². The highest BCUT2D eigenvalue weighted by Crippen LogP contribution is 2.41. The van der Waals surface area contributed by atoms with Gasteiger partial charge in [-0.1, -0.05) is 71.7 Å². The lowest BCUT2D eigenvalue weighted by molar-refractivity contribution is 0.0971. The molecule has 3 aromatic carbocycles. The van der Waals surface area contributed by atoms with Gasteiger partial charge in [0.1, 0.15) is 5.75 Å². The third-order valence-corrected chi connectivity index (χ3v) is 5.38. The highest BCUT2D eigenvalue weighted by molar-refractivity contribution is 6.42. The fourth-order valence-corrected chi connectivity index (χ4v) is 3.59. The predicted octanol–water partition coefficient (Wildman–Crippen LogP) is 6.33. The van der Waals surface area contributed by atoms with Gasteiger partial charge in [-0.05, 0) is 24.3 Å². The molecule has 0 radical (unpaired) electrons. The Balaban J connectivity index is 1.77. The number of carbonyl (C=O) groups is 2. The van der Waals surface area contributed by atoms with Crippen molar-refractivity contribution in [3.05, 3.63) is 94.0 Å². The number of hydrogen-bond donors (Lipinski definition) is 0. The van der Waals surface area contributed by atoms with Gasteiger partial charge < -0.3 is 4.74 Å². The lowest BCUT2D eigenvalue weighted by Crippen LogP contribution is -2.42. The van der Waals surface area contributed by atoms with Crippen LogP contribution in [0.25, 0.3) is 0 Å². The zero-order valence-electron chi connectivity index (χ0n) is 14.6. The summed E-state index contributed by atoms with van der Waals surface area (Å²) in [4.78, 5) is 27.1. The largest absolute Gasteiger partial charge is 0.420 e. The Labute approximate surface area is 172 Å². The molecule has 1 aliphatic rings. The topological polar surface area (TPSA) is 46.6 Å². The third kappa shape index (κ3) is 3.49. The lowest BCUT2D eigenvalue weighted by Gasteiger charge is -2.36. The van der Waals surface area contributed by atoms with E-state index in [-0.39, 0.29) is 12.2 Å². The Morgan fingerprint density at radius 2 is 1.64 bits per heavy atom. The van der Waals surface area contributed by atoms with E-state index >= 15 is 0 Å². The number of nitrogens with zero attached hydrogens (tertiary/aromatic N) is 1. The van der Waals surface area contributed by atoms with Gasteiger partial charge in [-0.25, -0.2) is 4.79 Å². The summed E-state index contributed by atoms with van der Waals surface area (Å²) >= 11 is 12.2. The van der Waals surface area contributed by atoms with Crippen molar-refractivity contribution >= 4 is 40.8 Å². The van der Waals surface area contributed by atoms with Gasteiger partial charge in [0, 0.05) is 23.2 Å². The summed E-state index contributed by atoms with van der Waals surface area (Å²) in [6.07, 6.45) is -0.459. The molecule has 6 heteroatoms. The second-order valence-corrected chi connectivity index (χ2v) is 7.20. The van der Waals surface area contributed by atoms with Crippen molar-refractivity contribution in [2.75, 3.05) is 4.90 Å². The first-order valence-corrected chi connectivity index (χ1v) is 9.43. The molecule has 0 fully saturated rings. The van der Waals surface area contributed by atoms with Crippen molar-refractivity contribution in [2.45, 2.75) is 12.5 Å². The van der Waals surface area contributed by atoms with Gasteiger partial charge in [0.05, 0.1) is 16.1 Å². The SMILES string of the molecule is O=C(CC1c2ccccc2OC(=O)N1c1ccc(Cl)c(Cl)c1)c1ccccc1. The van der Waals surface area contributed by atoms with E-state index in [1.54, 1.807) is 42.5 Å². The number of hydrogen-bond acceptors (Lipinski definition) is 3. The molecule has 1 atom stereocenters. The average Bonchev–Trinajstić information content (AvgIpc) is 2.71. The number of Topliss-reactive ketones (excluding diaryl/α,β-unsaturated/α-hetero) is 1. The third-order valence-electron chi connectivity index (χ3n) is 4.64. The highest BCUT2D eigenvalue weighted by atomic mass is 35.5. The van der Waals surface area contributed by atoms with E-state index in [2.05, 4.69) is 0 Å². The molecule has 140 valence electrons. The summed E-state index contributed by atoms with van der Waals surface area (Å²) in [6, 6.07) is 20.6. The molecular weight excluding hydrogens is 397 g/mol. The molecule has 1 aliphatic heterocycles. The van der Waals surface area contributed by atoms with E-state index in [1.807, 2.05) is 30.3 Å². The summed E-state index contributed by atoms with van der Waals surface area (Å²) in [5.74, 6) is 0.384. The van der Waals surface area contributed by atoms with Gasteiger partial charge in [-0.3, -0.25) is 9.69 Å². The predicted molar refractivity (Wildman–Crippen MR) is 110 cm³/mol. The molecule has 4 rings (SSSR count). The molecular formula is C22H15Cl2NO3. The van der Waals surface area contributed by atoms with Crippen LogP contribution in [0.4, 0.5) is 10.5 Å². The summed E-state index contributed by atoms with van der Waals surface area (Å²) in [6.45, 7) is 0. The van der Waals surface area contributed by atoms with E-state index in [0.717, 1.165) is 5.56 Å². The molecule has 0 saturated carbocycles. The summed E-state index contributed by atoms with van der Waals surface area (Å²) in [7, 11) is 0. The molecule has 0 N–H and O–H groups in total. The number of ether oxygens (including phenoxy) is 1. The minimum absolute atomic E-state index is 0.0693. The maximum absolute atomic E-state index is 12.9. The molecule has 1 amide bonds. The van der Waals surface area contributed by atoms with Crippen LogP contribution in [0.3, 0.4) is 0 Å². The smallest absolute Gasteiger partial charge is 0.410 e. The Morgan fingerprint density at radius 1 is 0.929 bits per heavy atom. The van der Waals surface area contributed by atoms with E-state index in [1.165, 1.54) is 4.90 Å². The van der Waals surface area contributed by atoms with Crippen LogP contribution in [-0.4, -0.2) is 11.9 Å². The van der Waals surface area contributed by atoms with E-state index in [9.17, 15) is 9.59 Å². The van der Waals surface area contributed by atoms with Crippen LogP contribution >= 0.6 is 23.2 Å². The number of ketones is 1. The molecule has 3 aromatic rings. The van der Waals surface area contributed by atoms with Gasteiger partial charge in [0.15, 0.2) is 5.78 Å². The number of para-hydroxylation sites is 1. The van der Waals surface area contributed by atoms with E-state index < -0.39 is 12.1 Å². The number of fused-ring (bicyclic) bond motifs is 1. The Kier molecular flexibility index (Phi) is 5.07. The van der Waals surface area contributed by atoms with Crippen LogP contribution in [0.5, 0.6) is 5.75 Å². The fourth-order valence-electron chi connectivity index (χ4n) is 3.30. The first kappa shape index (κ1) is 18.5. The number of rotatable bonds is 4. The van der Waals surface area contributed by atoms with Crippen LogP contribution in [-0.2, 0) is 0 Å². The monoisotopic (exact) mass is 411 g/mol. The molecule has 28 heavy (non-hydrogen) atoms. The van der Waals surface area contributed by atoms with Crippen LogP contribution in [0.15, 0.2) is 72.8 Å². The molecule has 1 heterocycles. The van der Waals surface area contributed by atoms with Crippen LogP contribution in [0.2, 0.25) is 10.0 Å². The lowest BCUT2D eigenvalue weighted by atomic mass is 9.94. The maximum Gasteiger partial charge on any atom is 0.420 e. The van der Waals surface area contributed by atoms with Gasteiger partial charge in [0.2, 0.25) is 0 Å². The molecule has 1 unspecified atom stereocenters. The molecule has 0 saturated heterocycles. The number of halogens is 2. The number of benzene rings is 3. The number of amides is 1. The zero-order valence-corrected chi connectivity index (χ0v) is 16.2. The van der Waals surface area contributed by atoms with Crippen molar-refractivity contribution in [1.82, 2.24) is 0 Å². The minimum Gasteiger partial charge on any atom is -0.410 e.